The molecule has 0 unspecified atom stereocenters. The van der Waals surface area contributed by atoms with Gasteiger partial charge in [-0.15, -0.1) is 0 Å². The molecule has 0 amide bonds. The third-order valence-electron chi connectivity index (χ3n) is 3.40. The number of benzene rings is 3. The first-order valence-electron chi connectivity index (χ1n) is 6.74. The molecule has 3 aromatic carbocycles. The van der Waals surface area contributed by atoms with Gasteiger partial charge in [0.1, 0.15) is 4.99 Å². The van der Waals surface area contributed by atoms with Gasteiger partial charge in [-0.25, -0.2) is 0 Å². The highest BCUT2D eigenvalue weighted by Crippen LogP contribution is 2.19. The summed E-state index contributed by atoms with van der Waals surface area (Å²) in [4.78, 5) is 0.766. The van der Waals surface area contributed by atoms with Crippen LogP contribution in [-0.4, -0.2) is 4.99 Å². The SMILES string of the molecule is S=C(NCc1ccc(Cl)cc1)c1cccc2ccccc12. The van der Waals surface area contributed by atoms with Crippen molar-refractivity contribution in [2.45, 2.75) is 6.54 Å². The van der Waals surface area contributed by atoms with Gasteiger partial charge in [0, 0.05) is 17.1 Å². The van der Waals surface area contributed by atoms with E-state index in [2.05, 4.69) is 29.6 Å². The molecular weight excluding hydrogens is 298 g/mol. The molecule has 0 aliphatic rings. The number of hydrogen-bond acceptors (Lipinski definition) is 1. The van der Waals surface area contributed by atoms with Crippen molar-refractivity contribution in [2.24, 2.45) is 0 Å². The fourth-order valence-corrected chi connectivity index (χ4v) is 2.68. The van der Waals surface area contributed by atoms with Gasteiger partial charge in [-0.05, 0) is 28.5 Å². The number of thiocarbonyl (C=S) groups is 1. The smallest absolute Gasteiger partial charge is 0.107 e. The lowest BCUT2D eigenvalue weighted by molar-refractivity contribution is 0.929. The Morgan fingerprint density at radius 3 is 2.43 bits per heavy atom. The Labute approximate surface area is 134 Å². The lowest BCUT2D eigenvalue weighted by Gasteiger charge is -2.11. The van der Waals surface area contributed by atoms with Crippen LogP contribution in [0.15, 0.2) is 66.7 Å². The number of hydrogen-bond donors (Lipinski definition) is 1. The Kier molecular flexibility index (Phi) is 4.18. The van der Waals surface area contributed by atoms with Gasteiger partial charge in [0.2, 0.25) is 0 Å². The van der Waals surface area contributed by atoms with Crippen molar-refractivity contribution in [1.82, 2.24) is 5.32 Å². The summed E-state index contributed by atoms with van der Waals surface area (Å²) in [6, 6.07) is 22.2. The van der Waals surface area contributed by atoms with Crippen LogP contribution in [0.2, 0.25) is 5.02 Å². The molecule has 0 spiro atoms. The molecule has 0 fully saturated rings. The van der Waals surface area contributed by atoms with E-state index < -0.39 is 0 Å². The molecule has 0 radical (unpaired) electrons. The van der Waals surface area contributed by atoms with E-state index in [4.69, 9.17) is 23.8 Å². The van der Waals surface area contributed by atoms with E-state index >= 15 is 0 Å². The monoisotopic (exact) mass is 311 g/mol. The summed E-state index contributed by atoms with van der Waals surface area (Å²) in [6.45, 7) is 0.694. The maximum absolute atomic E-state index is 5.89. The molecule has 1 N–H and O–H groups in total. The van der Waals surface area contributed by atoms with Gasteiger partial charge >= 0.3 is 0 Å². The Hall–Kier alpha value is -1.90. The van der Waals surface area contributed by atoms with Gasteiger partial charge in [0.15, 0.2) is 0 Å². The lowest BCUT2D eigenvalue weighted by atomic mass is 10.0. The molecule has 104 valence electrons. The van der Waals surface area contributed by atoms with Crippen molar-refractivity contribution in [3.63, 3.8) is 0 Å². The van der Waals surface area contributed by atoms with E-state index in [0.29, 0.717) is 6.54 Å². The van der Waals surface area contributed by atoms with Crippen LogP contribution in [0.1, 0.15) is 11.1 Å². The molecule has 3 rings (SSSR count). The van der Waals surface area contributed by atoms with Crippen LogP contribution in [-0.2, 0) is 6.54 Å². The van der Waals surface area contributed by atoms with Gasteiger partial charge in [0.25, 0.3) is 0 Å². The van der Waals surface area contributed by atoms with Crippen LogP contribution in [0.3, 0.4) is 0 Å². The van der Waals surface area contributed by atoms with Gasteiger partial charge in [-0.1, -0.05) is 78.4 Å². The Morgan fingerprint density at radius 2 is 1.62 bits per heavy atom. The molecule has 0 saturated heterocycles. The molecule has 3 heteroatoms. The van der Waals surface area contributed by atoms with Crippen molar-refractivity contribution in [2.75, 3.05) is 0 Å². The fraction of sp³-hybridized carbons (Fsp3) is 0.0556. The first-order chi connectivity index (χ1) is 10.2. The Balaban J connectivity index is 1.79. The summed E-state index contributed by atoms with van der Waals surface area (Å²) in [6.07, 6.45) is 0. The van der Waals surface area contributed by atoms with Crippen molar-refractivity contribution >= 4 is 39.6 Å². The molecule has 0 aliphatic carbocycles. The van der Waals surface area contributed by atoms with Crippen LogP contribution in [0.25, 0.3) is 10.8 Å². The summed E-state index contributed by atoms with van der Waals surface area (Å²) in [5.41, 5.74) is 2.22. The minimum atomic E-state index is 0.694. The molecule has 3 aromatic rings. The summed E-state index contributed by atoms with van der Waals surface area (Å²) < 4.78 is 0. The fourth-order valence-electron chi connectivity index (χ4n) is 2.30. The standard InChI is InChI=1S/C18H14ClNS/c19-15-10-8-13(9-11-15)12-20-18(21)17-7-3-5-14-4-1-2-6-16(14)17/h1-11H,12H2,(H,20,21). The van der Waals surface area contributed by atoms with Crippen molar-refractivity contribution in [3.05, 3.63) is 82.9 Å². The van der Waals surface area contributed by atoms with E-state index in [-0.39, 0.29) is 0 Å². The third-order valence-corrected chi connectivity index (χ3v) is 4.02. The topological polar surface area (TPSA) is 12.0 Å². The van der Waals surface area contributed by atoms with E-state index in [0.717, 1.165) is 21.1 Å². The number of nitrogens with one attached hydrogen (secondary N) is 1. The second-order valence-corrected chi connectivity index (χ2v) is 5.68. The average Bonchev–Trinajstić information content (AvgIpc) is 2.53. The number of fused-ring (bicyclic) bond motifs is 1. The first-order valence-corrected chi connectivity index (χ1v) is 7.53. The lowest BCUT2D eigenvalue weighted by Crippen LogP contribution is -2.21. The molecule has 0 bridgehead atoms. The predicted octanol–water partition coefficient (Wildman–Crippen LogP) is 4.96. The van der Waals surface area contributed by atoms with E-state index in [1.54, 1.807) is 0 Å². The van der Waals surface area contributed by atoms with E-state index in [1.807, 2.05) is 42.5 Å². The molecule has 0 aromatic heterocycles. The van der Waals surface area contributed by atoms with Gasteiger partial charge < -0.3 is 5.32 Å². The molecule has 21 heavy (non-hydrogen) atoms. The Bertz CT molecular complexity index is 775. The highest BCUT2D eigenvalue weighted by molar-refractivity contribution is 7.80. The maximum atomic E-state index is 5.89. The van der Waals surface area contributed by atoms with Crippen LogP contribution in [0.4, 0.5) is 0 Å². The molecule has 0 atom stereocenters. The highest BCUT2D eigenvalue weighted by Gasteiger charge is 2.05. The minimum absolute atomic E-state index is 0.694. The molecule has 0 saturated carbocycles. The molecule has 0 heterocycles. The zero-order valence-corrected chi connectivity index (χ0v) is 12.9. The van der Waals surface area contributed by atoms with Gasteiger partial charge in [-0.3, -0.25) is 0 Å². The van der Waals surface area contributed by atoms with E-state index in [9.17, 15) is 0 Å². The number of rotatable bonds is 3. The minimum Gasteiger partial charge on any atom is -0.372 e. The summed E-state index contributed by atoms with van der Waals surface area (Å²) >= 11 is 11.4. The maximum Gasteiger partial charge on any atom is 0.107 e. The second kappa shape index (κ2) is 6.25. The van der Waals surface area contributed by atoms with Gasteiger partial charge in [-0.2, -0.15) is 0 Å². The van der Waals surface area contributed by atoms with Crippen LogP contribution >= 0.6 is 23.8 Å². The quantitative estimate of drug-likeness (QED) is 0.686. The Morgan fingerprint density at radius 1 is 0.905 bits per heavy atom. The third kappa shape index (κ3) is 3.23. The molecule has 1 nitrogen and oxygen atoms in total. The van der Waals surface area contributed by atoms with Crippen molar-refractivity contribution in [1.29, 1.82) is 0 Å². The number of halogens is 1. The van der Waals surface area contributed by atoms with Crippen LogP contribution in [0.5, 0.6) is 0 Å². The molecular formula is C18H14ClNS. The summed E-state index contributed by atoms with van der Waals surface area (Å²) in [5.74, 6) is 0. The van der Waals surface area contributed by atoms with Crippen LogP contribution in [0, 0.1) is 0 Å². The summed E-state index contributed by atoms with van der Waals surface area (Å²) in [5, 5.41) is 6.44. The van der Waals surface area contributed by atoms with Crippen molar-refractivity contribution < 1.29 is 0 Å². The first kappa shape index (κ1) is 14.1. The second-order valence-electron chi connectivity index (χ2n) is 4.84. The highest BCUT2D eigenvalue weighted by atomic mass is 35.5. The largest absolute Gasteiger partial charge is 0.372 e. The van der Waals surface area contributed by atoms with Crippen molar-refractivity contribution in [3.8, 4) is 0 Å². The molecule has 0 aliphatic heterocycles. The predicted molar refractivity (Wildman–Crippen MR) is 93.9 cm³/mol. The average molecular weight is 312 g/mol. The van der Waals surface area contributed by atoms with Gasteiger partial charge in [0.05, 0.1) is 0 Å². The van der Waals surface area contributed by atoms with Crippen LogP contribution < -0.4 is 5.32 Å². The summed E-state index contributed by atoms with van der Waals surface area (Å²) in [7, 11) is 0. The zero-order chi connectivity index (χ0) is 14.7. The normalized spacial score (nSPS) is 10.5. The van der Waals surface area contributed by atoms with E-state index in [1.165, 1.54) is 10.8 Å². The zero-order valence-electron chi connectivity index (χ0n) is 11.3.